The van der Waals surface area contributed by atoms with E-state index in [-0.39, 0.29) is 10.8 Å². The first-order valence-corrected chi connectivity index (χ1v) is 6.89. The van der Waals surface area contributed by atoms with Gasteiger partial charge in [-0.3, -0.25) is 0 Å². The topological polar surface area (TPSA) is 26.0 Å². The van der Waals surface area contributed by atoms with Crippen molar-refractivity contribution in [1.29, 1.82) is 0 Å². The summed E-state index contributed by atoms with van der Waals surface area (Å²) in [6, 6.07) is 0. The Morgan fingerprint density at radius 1 is 1.00 bits per heavy atom. The molecule has 0 aliphatic heterocycles. The van der Waals surface area contributed by atoms with Crippen LogP contribution >= 0.6 is 0 Å². The van der Waals surface area contributed by atoms with Crippen LogP contribution in [0, 0.1) is 10.8 Å². The van der Waals surface area contributed by atoms with Crippen LogP contribution in [-0.4, -0.2) is 5.54 Å². The van der Waals surface area contributed by atoms with Crippen LogP contribution in [0.3, 0.4) is 0 Å². The van der Waals surface area contributed by atoms with E-state index < -0.39 is 5.54 Å². The van der Waals surface area contributed by atoms with E-state index in [0.29, 0.717) is 0 Å². The number of hydrogen-bond acceptors (Lipinski definition) is 1. The van der Waals surface area contributed by atoms with Gasteiger partial charge in [0, 0.05) is 5.54 Å². The van der Waals surface area contributed by atoms with E-state index in [9.17, 15) is 0 Å². The van der Waals surface area contributed by atoms with Gasteiger partial charge in [0.25, 0.3) is 0 Å². The highest BCUT2D eigenvalue weighted by Crippen LogP contribution is 2.42. The monoisotopic (exact) mass is 261 g/mol. The van der Waals surface area contributed by atoms with Crippen molar-refractivity contribution in [2.45, 2.75) is 53.5 Å². The van der Waals surface area contributed by atoms with Crippen LogP contribution in [0.4, 0.5) is 0 Å². The fourth-order valence-corrected chi connectivity index (χ4v) is 2.29. The average molecular weight is 261 g/mol. The highest BCUT2D eigenvalue weighted by atomic mass is 14.8. The van der Waals surface area contributed by atoms with E-state index in [4.69, 9.17) is 5.73 Å². The van der Waals surface area contributed by atoms with Crippen LogP contribution in [0.15, 0.2) is 49.1 Å². The third-order valence-corrected chi connectivity index (χ3v) is 3.37. The lowest BCUT2D eigenvalue weighted by atomic mass is 9.63. The lowest BCUT2D eigenvalue weighted by Gasteiger charge is -2.46. The number of rotatable bonds is 5. The third-order valence-electron chi connectivity index (χ3n) is 3.37. The fraction of sp³-hybridized carbons (Fsp3) is 0.556. The summed E-state index contributed by atoms with van der Waals surface area (Å²) in [5.74, 6) is 0. The second-order valence-electron chi connectivity index (χ2n) is 7.41. The van der Waals surface area contributed by atoms with Gasteiger partial charge in [0.15, 0.2) is 0 Å². The number of nitrogens with two attached hydrogens (primary N) is 1. The van der Waals surface area contributed by atoms with Gasteiger partial charge >= 0.3 is 0 Å². The standard InChI is InChI=1S/C18H31N/c1-9-11-13-15(12-10-2)18(19,17(6,7)8)14-16(3,4)5/h9-13H,1-2,14,19H2,3-8H3. The van der Waals surface area contributed by atoms with Gasteiger partial charge < -0.3 is 5.73 Å². The minimum absolute atomic E-state index is 0.0410. The summed E-state index contributed by atoms with van der Waals surface area (Å²) in [5.41, 5.74) is 7.64. The molecule has 0 bridgehead atoms. The molecule has 1 atom stereocenters. The van der Waals surface area contributed by atoms with E-state index >= 15 is 0 Å². The van der Waals surface area contributed by atoms with Gasteiger partial charge in [-0.1, -0.05) is 85.1 Å². The van der Waals surface area contributed by atoms with E-state index in [2.05, 4.69) is 54.7 Å². The van der Waals surface area contributed by atoms with Crippen molar-refractivity contribution in [3.63, 3.8) is 0 Å². The van der Waals surface area contributed by atoms with E-state index in [1.807, 2.05) is 18.2 Å². The maximum atomic E-state index is 6.83. The summed E-state index contributed by atoms with van der Waals surface area (Å²) in [6.07, 6.45) is 10.5. The van der Waals surface area contributed by atoms with Crippen molar-refractivity contribution < 1.29 is 0 Å². The molecule has 1 nitrogen and oxygen atoms in total. The number of hydrogen-bond donors (Lipinski definition) is 1. The second-order valence-corrected chi connectivity index (χ2v) is 7.41. The molecule has 2 N–H and O–H groups in total. The van der Waals surface area contributed by atoms with Crippen LogP contribution in [0.25, 0.3) is 0 Å². The summed E-state index contributed by atoms with van der Waals surface area (Å²) in [6.45, 7) is 20.8. The largest absolute Gasteiger partial charge is 0.321 e. The van der Waals surface area contributed by atoms with Crippen molar-refractivity contribution in [3.8, 4) is 0 Å². The Labute approximate surface area is 120 Å². The zero-order valence-corrected chi connectivity index (χ0v) is 13.6. The number of allylic oxidation sites excluding steroid dienone is 4. The van der Waals surface area contributed by atoms with Crippen LogP contribution in [-0.2, 0) is 0 Å². The van der Waals surface area contributed by atoms with Gasteiger partial charge in [-0.15, -0.1) is 0 Å². The predicted octanol–water partition coefficient (Wildman–Crippen LogP) is 5.02. The molecule has 108 valence electrons. The molecule has 0 aromatic carbocycles. The Morgan fingerprint density at radius 2 is 1.53 bits per heavy atom. The summed E-state index contributed by atoms with van der Waals surface area (Å²) in [7, 11) is 0. The predicted molar refractivity (Wildman–Crippen MR) is 88.1 cm³/mol. The SMILES string of the molecule is C=CC=CC(=CC=C)C(N)(CC(C)(C)C)C(C)(C)C. The summed E-state index contributed by atoms with van der Waals surface area (Å²) in [5, 5.41) is 0. The molecule has 0 heterocycles. The van der Waals surface area contributed by atoms with E-state index in [0.717, 1.165) is 12.0 Å². The summed E-state index contributed by atoms with van der Waals surface area (Å²) < 4.78 is 0. The highest BCUT2D eigenvalue weighted by Gasteiger charge is 2.42. The maximum Gasteiger partial charge on any atom is 0.0463 e. The van der Waals surface area contributed by atoms with Crippen LogP contribution in [0.5, 0.6) is 0 Å². The molecule has 0 fully saturated rings. The Hall–Kier alpha value is -1.08. The molecule has 1 heteroatoms. The molecule has 0 aromatic heterocycles. The lowest BCUT2D eigenvalue weighted by molar-refractivity contribution is 0.159. The fourth-order valence-electron chi connectivity index (χ4n) is 2.29. The zero-order valence-electron chi connectivity index (χ0n) is 13.6. The van der Waals surface area contributed by atoms with Crippen molar-refractivity contribution in [1.82, 2.24) is 0 Å². The molecule has 19 heavy (non-hydrogen) atoms. The zero-order chi connectivity index (χ0) is 15.3. The summed E-state index contributed by atoms with van der Waals surface area (Å²) in [4.78, 5) is 0. The maximum absolute atomic E-state index is 6.83. The van der Waals surface area contributed by atoms with Crippen LogP contribution in [0.1, 0.15) is 48.0 Å². The van der Waals surface area contributed by atoms with Gasteiger partial charge in [-0.2, -0.15) is 0 Å². The average Bonchev–Trinajstić information content (AvgIpc) is 2.19. The Morgan fingerprint density at radius 3 is 1.84 bits per heavy atom. The molecule has 0 saturated carbocycles. The third kappa shape index (κ3) is 5.20. The van der Waals surface area contributed by atoms with Crippen molar-refractivity contribution in [3.05, 3.63) is 49.1 Å². The molecule has 0 saturated heterocycles. The molecule has 1 unspecified atom stereocenters. The van der Waals surface area contributed by atoms with Gasteiger partial charge in [0.2, 0.25) is 0 Å². The first-order valence-electron chi connectivity index (χ1n) is 6.89. The van der Waals surface area contributed by atoms with Gasteiger partial charge in [0.1, 0.15) is 0 Å². The quantitative estimate of drug-likeness (QED) is 0.691. The van der Waals surface area contributed by atoms with Gasteiger partial charge in [-0.05, 0) is 22.8 Å². The molecule has 0 amide bonds. The molecular formula is C18H31N. The van der Waals surface area contributed by atoms with E-state index in [1.54, 1.807) is 12.2 Å². The first-order chi connectivity index (χ1) is 8.48. The summed E-state index contributed by atoms with van der Waals surface area (Å²) >= 11 is 0. The van der Waals surface area contributed by atoms with Crippen molar-refractivity contribution in [2.24, 2.45) is 16.6 Å². The van der Waals surface area contributed by atoms with Crippen LogP contribution < -0.4 is 5.73 Å². The second kappa shape index (κ2) is 6.38. The minimum atomic E-state index is -0.404. The molecule has 0 radical (unpaired) electrons. The smallest absolute Gasteiger partial charge is 0.0463 e. The molecular weight excluding hydrogens is 230 g/mol. The van der Waals surface area contributed by atoms with Crippen LogP contribution in [0.2, 0.25) is 0 Å². The molecule has 0 rings (SSSR count). The van der Waals surface area contributed by atoms with Gasteiger partial charge in [0.05, 0.1) is 0 Å². The Balaban J connectivity index is 5.81. The Kier molecular flexibility index (Phi) is 6.02. The Bertz CT molecular complexity index is 371. The van der Waals surface area contributed by atoms with Gasteiger partial charge in [-0.25, -0.2) is 0 Å². The molecule has 0 aliphatic rings. The van der Waals surface area contributed by atoms with Crippen molar-refractivity contribution >= 4 is 0 Å². The molecule has 0 aliphatic carbocycles. The minimum Gasteiger partial charge on any atom is -0.321 e. The molecule has 0 spiro atoms. The highest BCUT2D eigenvalue weighted by molar-refractivity contribution is 5.37. The van der Waals surface area contributed by atoms with E-state index in [1.165, 1.54) is 0 Å². The lowest BCUT2D eigenvalue weighted by Crippen LogP contribution is -2.54. The normalized spacial score (nSPS) is 17.3. The first kappa shape index (κ1) is 17.9. The molecule has 0 aromatic rings. The van der Waals surface area contributed by atoms with Crippen molar-refractivity contribution in [2.75, 3.05) is 0 Å².